The van der Waals surface area contributed by atoms with Gasteiger partial charge in [0, 0.05) is 43.8 Å². The summed E-state index contributed by atoms with van der Waals surface area (Å²) in [5.74, 6) is 0. The monoisotopic (exact) mass is 245 g/mol. The zero-order valence-corrected chi connectivity index (χ0v) is 9.79. The molecule has 1 aromatic heterocycles. The molecule has 0 aliphatic heterocycles. The van der Waals surface area contributed by atoms with Crippen LogP contribution in [-0.4, -0.2) is 40.1 Å². The van der Waals surface area contributed by atoms with Gasteiger partial charge >= 0.3 is 0 Å². The second-order valence-electron chi connectivity index (χ2n) is 3.19. The fourth-order valence-electron chi connectivity index (χ4n) is 1.21. The minimum atomic E-state index is 1.04. The van der Waals surface area contributed by atoms with E-state index in [9.17, 15) is 0 Å². The predicted molar refractivity (Wildman–Crippen MR) is 58.2 cm³/mol. The van der Waals surface area contributed by atoms with Crippen molar-refractivity contribution in [3.05, 3.63) is 18.0 Å². The van der Waals surface area contributed by atoms with Crippen LogP contribution in [0.3, 0.4) is 0 Å². The minimum Gasteiger partial charge on any atom is -0.305 e. The van der Waals surface area contributed by atoms with Crippen molar-refractivity contribution in [2.75, 3.05) is 25.5 Å². The van der Waals surface area contributed by atoms with Gasteiger partial charge in [-0.1, -0.05) is 15.9 Å². The highest BCUT2D eigenvalue weighted by molar-refractivity contribution is 9.09. The highest BCUT2D eigenvalue weighted by Crippen LogP contribution is 1.98. The number of hydrogen-bond acceptors (Lipinski definition) is 2. The smallest absolute Gasteiger partial charge is 0.0492 e. The Labute approximate surface area is 87.9 Å². The number of nitrogens with zero attached hydrogens (tertiary/aromatic N) is 3. The third-order valence-electron chi connectivity index (χ3n) is 2.14. The Morgan fingerprint density at radius 1 is 1.54 bits per heavy atom. The number of likely N-dealkylation sites (N-methyl/N-ethyl adjacent to an activating group) is 1. The summed E-state index contributed by atoms with van der Waals surface area (Å²) in [5.41, 5.74) is 1.29. The lowest BCUT2D eigenvalue weighted by Crippen LogP contribution is -2.23. The second-order valence-corrected chi connectivity index (χ2v) is 3.98. The Morgan fingerprint density at radius 2 is 2.31 bits per heavy atom. The third-order valence-corrected chi connectivity index (χ3v) is 2.49. The highest BCUT2D eigenvalue weighted by atomic mass is 79.9. The average molecular weight is 246 g/mol. The molecule has 0 bridgehead atoms. The molecule has 1 aromatic rings. The zero-order chi connectivity index (χ0) is 9.68. The average Bonchev–Trinajstić information content (AvgIpc) is 2.48. The van der Waals surface area contributed by atoms with E-state index in [1.807, 2.05) is 17.9 Å². The van der Waals surface area contributed by atoms with E-state index in [2.05, 4.69) is 39.0 Å². The van der Waals surface area contributed by atoms with Crippen molar-refractivity contribution in [3.63, 3.8) is 0 Å². The molecule has 13 heavy (non-hydrogen) atoms. The fourth-order valence-corrected chi connectivity index (χ4v) is 1.81. The first-order valence-corrected chi connectivity index (χ1v) is 5.57. The molecule has 3 nitrogen and oxygen atoms in total. The lowest BCUT2D eigenvalue weighted by atomic mass is 10.3. The van der Waals surface area contributed by atoms with Crippen molar-refractivity contribution < 1.29 is 0 Å². The molecule has 0 aromatic carbocycles. The number of alkyl halides is 1. The van der Waals surface area contributed by atoms with Crippen LogP contribution in [0.2, 0.25) is 0 Å². The van der Waals surface area contributed by atoms with Gasteiger partial charge in [-0.15, -0.1) is 0 Å². The van der Waals surface area contributed by atoms with E-state index in [1.165, 1.54) is 5.69 Å². The molecule has 1 heterocycles. The molecular formula is C9H16BrN3. The van der Waals surface area contributed by atoms with E-state index < -0.39 is 0 Å². The lowest BCUT2D eigenvalue weighted by Gasteiger charge is -2.14. The van der Waals surface area contributed by atoms with Crippen molar-refractivity contribution in [2.24, 2.45) is 7.05 Å². The van der Waals surface area contributed by atoms with E-state index in [-0.39, 0.29) is 0 Å². The molecule has 0 aliphatic rings. The third kappa shape index (κ3) is 3.48. The summed E-state index contributed by atoms with van der Waals surface area (Å²) in [5, 5.41) is 5.17. The van der Waals surface area contributed by atoms with E-state index in [1.54, 1.807) is 0 Å². The number of aromatic nitrogens is 2. The summed E-state index contributed by atoms with van der Waals surface area (Å²) in [6.45, 7) is 2.18. The molecule has 0 atom stereocenters. The normalized spacial score (nSPS) is 11.1. The molecule has 4 heteroatoms. The molecule has 0 amide bonds. The van der Waals surface area contributed by atoms with Gasteiger partial charge in [0.2, 0.25) is 0 Å². The molecule has 0 saturated carbocycles. The molecular weight excluding hydrogens is 230 g/mol. The van der Waals surface area contributed by atoms with Gasteiger partial charge in [0.25, 0.3) is 0 Å². The zero-order valence-electron chi connectivity index (χ0n) is 8.20. The Bertz CT molecular complexity index is 247. The maximum Gasteiger partial charge on any atom is 0.0492 e. The van der Waals surface area contributed by atoms with Crippen LogP contribution in [0, 0.1) is 0 Å². The largest absolute Gasteiger partial charge is 0.305 e. The van der Waals surface area contributed by atoms with E-state index in [4.69, 9.17) is 0 Å². The molecule has 0 N–H and O–H groups in total. The quantitative estimate of drug-likeness (QED) is 0.730. The molecule has 0 aliphatic carbocycles. The van der Waals surface area contributed by atoms with Gasteiger partial charge in [-0.3, -0.25) is 4.68 Å². The van der Waals surface area contributed by atoms with Crippen molar-refractivity contribution in [1.82, 2.24) is 14.7 Å². The summed E-state index contributed by atoms with van der Waals surface area (Å²) in [6.07, 6.45) is 2.92. The molecule has 0 radical (unpaired) electrons. The van der Waals surface area contributed by atoms with Gasteiger partial charge in [0.05, 0.1) is 0 Å². The first-order chi connectivity index (χ1) is 6.24. The lowest BCUT2D eigenvalue weighted by molar-refractivity contribution is 0.358. The van der Waals surface area contributed by atoms with Crippen molar-refractivity contribution >= 4 is 15.9 Å². The topological polar surface area (TPSA) is 21.1 Å². The van der Waals surface area contributed by atoms with Crippen LogP contribution in [-0.2, 0) is 13.5 Å². The first kappa shape index (κ1) is 10.7. The van der Waals surface area contributed by atoms with Crippen LogP contribution < -0.4 is 0 Å². The van der Waals surface area contributed by atoms with Crippen LogP contribution in [0.5, 0.6) is 0 Å². The van der Waals surface area contributed by atoms with E-state index >= 15 is 0 Å². The molecule has 74 valence electrons. The van der Waals surface area contributed by atoms with Crippen molar-refractivity contribution in [1.29, 1.82) is 0 Å². The summed E-state index contributed by atoms with van der Waals surface area (Å²) < 4.78 is 1.93. The van der Waals surface area contributed by atoms with E-state index in [0.29, 0.717) is 0 Å². The van der Waals surface area contributed by atoms with Gasteiger partial charge in [0.15, 0.2) is 0 Å². The SMILES string of the molecule is CN(CCBr)CCc1ccnn1C. The minimum absolute atomic E-state index is 1.04. The van der Waals surface area contributed by atoms with Gasteiger partial charge in [-0.2, -0.15) is 5.10 Å². The van der Waals surface area contributed by atoms with E-state index in [0.717, 1.165) is 24.8 Å². The Kier molecular flexibility index (Phi) is 4.45. The fraction of sp³-hybridized carbons (Fsp3) is 0.667. The first-order valence-electron chi connectivity index (χ1n) is 4.45. The van der Waals surface area contributed by atoms with Gasteiger partial charge in [-0.05, 0) is 13.1 Å². The van der Waals surface area contributed by atoms with Crippen molar-refractivity contribution in [3.8, 4) is 0 Å². The second kappa shape index (κ2) is 5.40. The molecule has 1 rings (SSSR count). The van der Waals surface area contributed by atoms with Crippen molar-refractivity contribution in [2.45, 2.75) is 6.42 Å². The molecule has 0 fully saturated rings. The molecule has 0 saturated heterocycles. The highest BCUT2D eigenvalue weighted by Gasteiger charge is 2.00. The van der Waals surface area contributed by atoms with Gasteiger partial charge in [0.1, 0.15) is 0 Å². The summed E-state index contributed by atoms with van der Waals surface area (Å²) in [6, 6.07) is 2.07. The Balaban J connectivity index is 2.30. The van der Waals surface area contributed by atoms with Crippen LogP contribution in [0.4, 0.5) is 0 Å². The van der Waals surface area contributed by atoms with Gasteiger partial charge < -0.3 is 4.90 Å². The summed E-state index contributed by atoms with van der Waals surface area (Å²) >= 11 is 3.42. The number of halogens is 1. The van der Waals surface area contributed by atoms with Crippen LogP contribution in [0.1, 0.15) is 5.69 Å². The van der Waals surface area contributed by atoms with Crippen LogP contribution >= 0.6 is 15.9 Å². The van der Waals surface area contributed by atoms with Gasteiger partial charge in [-0.25, -0.2) is 0 Å². The maximum absolute atomic E-state index is 4.13. The summed E-state index contributed by atoms with van der Waals surface area (Å²) in [4.78, 5) is 2.31. The predicted octanol–water partition coefficient (Wildman–Crippen LogP) is 1.29. The maximum atomic E-state index is 4.13. The Morgan fingerprint density at radius 3 is 2.85 bits per heavy atom. The van der Waals surface area contributed by atoms with Crippen LogP contribution in [0.15, 0.2) is 12.3 Å². The number of aryl methyl sites for hydroxylation is 1. The summed E-state index contributed by atoms with van der Waals surface area (Å²) in [7, 11) is 4.12. The Hall–Kier alpha value is -0.350. The number of hydrogen-bond donors (Lipinski definition) is 0. The van der Waals surface area contributed by atoms with Crippen LogP contribution in [0.25, 0.3) is 0 Å². The molecule has 0 spiro atoms. The molecule has 0 unspecified atom stereocenters. The standard InChI is InChI=1S/C9H16BrN3/c1-12(8-5-10)7-4-9-3-6-11-13(9)2/h3,6H,4-5,7-8H2,1-2H3. The number of rotatable bonds is 5.